The molecule has 0 radical (unpaired) electrons. The maximum absolute atomic E-state index is 10.8. The predicted octanol–water partition coefficient (Wildman–Crippen LogP) is 2.31. The maximum atomic E-state index is 10.8. The van der Waals surface area contributed by atoms with Crippen molar-refractivity contribution in [2.45, 2.75) is 33.1 Å². The maximum Gasteiger partial charge on any atom is 0.330 e. The van der Waals surface area contributed by atoms with Gasteiger partial charge >= 0.3 is 5.97 Å². The lowest BCUT2D eigenvalue weighted by Crippen LogP contribution is -1.99. The van der Waals surface area contributed by atoms with E-state index in [9.17, 15) is 4.79 Å². The molecule has 0 aromatic heterocycles. The molecule has 0 unspecified atom stereocenters. The minimum Gasteiger partial charge on any atom is -0.463 e. The first-order valence-electron chi connectivity index (χ1n) is 5.22. The normalized spacial score (nSPS) is 10.7. The highest BCUT2D eigenvalue weighted by Gasteiger charge is 1.91. The molecule has 14 heavy (non-hydrogen) atoms. The van der Waals surface area contributed by atoms with E-state index in [1.807, 2.05) is 0 Å². The van der Waals surface area contributed by atoms with Crippen LogP contribution >= 0.6 is 0 Å². The van der Waals surface area contributed by atoms with Gasteiger partial charge in [-0.1, -0.05) is 19.4 Å². The third-order valence-corrected chi connectivity index (χ3v) is 1.61. The minimum atomic E-state index is -0.277. The Morgan fingerprint density at radius 1 is 1.29 bits per heavy atom. The Kier molecular flexibility index (Phi) is 9.64. The lowest BCUT2D eigenvalue weighted by molar-refractivity contribution is -0.137. The molecule has 0 aliphatic heterocycles. The topological polar surface area (TPSA) is 35.5 Å². The highest BCUT2D eigenvalue weighted by atomic mass is 16.5. The number of ether oxygens (including phenoxy) is 2. The van der Waals surface area contributed by atoms with Crippen LogP contribution < -0.4 is 0 Å². The molecule has 0 heterocycles. The SMILES string of the molecule is CCCCOCC/C=C/C(=O)OCC. The van der Waals surface area contributed by atoms with E-state index in [4.69, 9.17) is 9.47 Å². The van der Waals surface area contributed by atoms with Crippen LogP contribution in [0, 0.1) is 0 Å². The van der Waals surface area contributed by atoms with Crippen molar-refractivity contribution in [1.29, 1.82) is 0 Å². The van der Waals surface area contributed by atoms with Crippen LogP contribution in [0.15, 0.2) is 12.2 Å². The smallest absolute Gasteiger partial charge is 0.330 e. The lowest BCUT2D eigenvalue weighted by atomic mass is 10.3. The number of hydrogen-bond donors (Lipinski definition) is 0. The van der Waals surface area contributed by atoms with Gasteiger partial charge in [0.25, 0.3) is 0 Å². The summed E-state index contributed by atoms with van der Waals surface area (Å²) in [6.45, 7) is 5.83. The van der Waals surface area contributed by atoms with Gasteiger partial charge in [0.1, 0.15) is 0 Å². The first-order valence-corrected chi connectivity index (χ1v) is 5.22. The molecule has 0 fully saturated rings. The summed E-state index contributed by atoms with van der Waals surface area (Å²) < 4.78 is 10.0. The summed E-state index contributed by atoms with van der Waals surface area (Å²) in [6.07, 6.45) is 6.25. The highest BCUT2D eigenvalue weighted by molar-refractivity contribution is 5.81. The summed E-state index contributed by atoms with van der Waals surface area (Å²) in [7, 11) is 0. The van der Waals surface area contributed by atoms with E-state index < -0.39 is 0 Å². The van der Waals surface area contributed by atoms with E-state index in [1.165, 1.54) is 6.08 Å². The highest BCUT2D eigenvalue weighted by Crippen LogP contribution is 1.91. The standard InChI is InChI=1S/C11H20O3/c1-3-5-9-13-10-7-6-8-11(12)14-4-2/h6,8H,3-5,7,9-10H2,1-2H3/b8-6+. The van der Waals surface area contributed by atoms with Gasteiger partial charge in [0.15, 0.2) is 0 Å². The van der Waals surface area contributed by atoms with Gasteiger partial charge in [-0.25, -0.2) is 4.79 Å². The van der Waals surface area contributed by atoms with Crippen molar-refractivity contribution in [1.82, 2.24) is 0 Å². The van der Waals surface area contributed by atoms with Crippen molar-refractivity contribution in [2.75, 3.05) is 19.8 Å². The zero-order valence-electron chi connectivity index (χ0n) is 9.12. The fourth-order valence-corrected chi connectivity index (χ4v) is 0.870. The molecule has 0 aliphatic carbocycles. The molecular formula is C11H20O3. The summed E-state index contributed by atoms with van der Waals surface area (Å²) in [5, 5.41) is 0. The van der Waals surface area contributed by atoms with Gasteiger partial charge < -0.3 is 9.47 Å². The zero-order chi connectivity index (χ0) is 10.6. The third kappa shape index (κ3) is 9.26. The average Bonchev–Trinajstić information content (AvgIpc) is 2.17. The largest absolute Gasteiger partial charge is 0.463 e. The van der Waals surface area contributed by atoms with E-state index in [0.717, 1.165) is 25.9 Å². The van der Waals surface area contributed by atoms with Crippen LogP contribution in [0.5, 0.6) is 0 Å². The van der Waals surface area contributed by atoms with Crippen molar-refractivity contribution in [3.8, 4) is 0 Å². The number of unbranched alkanes of at least 4 members (excludes halogenated alkanes) is 1. The fraction of sp³-hybridized carbons (Fsp3) is 0.727. The summed E-state index contributed by atoms with van der Waals surface area (Å²) >= 11 is 0. The molecule has 0 bridgehead atoms. The summed E-state index contributed by atoms with van der Waals surface area (Å²) in [6, 6.07) is 0. The first kappa shape index (κ1) is 13.2. The Morgan fingerprint density at radius 3 is 2.71 bits per heavy atom. The summed E-state index contributed by atoms with van der Waals surface area (Å²) in [5.41, 5.74) is 0. The van der Waals surface area contributed by atoms with Gasteiger partial charge in [0, 0.05) is 12.7 Å². The molecule has 0 aromatic rings. The number of carbonyl (C=O) groups excluding carboxylic acids is 1. The molecule has 0 aromatic carbocycles. The van der Waals surface area contributed by atoms with Crippen LogP contribution in [0.2, 0.25) is 0 Å². The average molecular weight is 200 g/mol. The molecule has 3 nitrogen and oxygen atoms in total. The number of esters is 1. The van der Waals surface area contributed by atoms with Crippen molar-refractivity contribution in [2.24, 2.45) is 0 Å². The van der Waals surface area contributed by atoms with Gasteiger partial charge in [-0.2, -0.15) is 0 Å². The Balaban J connectivity index is 3.22. The van der Waals surface area contributed by atoms with Crippen molar-refractivity contribution in [3.63, 3.8) is 0 Å². The molecule has 0 spiro atoms. The van der Waals surface area contributed by atoms with Crippen LogP contribution in [0.1, 0.15) is 33.1 Å². The molecule has 0 N–H and O–H groups in total. The molecule has 0 saturated heterocycles. The quantitative estimate of drug-likeness (QED) is 0.342. The molecular weight excluding hydrogens is 180 g/mol. The van der Waals surface area contributed by atoms with Crippen molar-refractivity contribution < 1.29 is 14.3 Å². The Hall–Kier alpha value is -0.830. The van der Waals surface area contributed by atoms with Crippen LogP contribution in [-0.4, -0.2) is 25.8 Å². The lowest BCUT2D eigenvalue weighted by Gasteiger charge is -1.99. The second-order valence-electron chi connectivity index (χ2n) is 2.91. The number of rotatable bonds is 8. The summed E-state index contributed by atoms with van der Waals surface area (Å²) in [5.74, 6) is -0.277. The van der Waals surface area contributed by atoms with Crippen molar-refractivity contribution in [3.05, 3.63) is 12.2 Å². The third-order valence-electron chi connectivity index (χ3n) is 1.61. The zero-order valence-corrected chi connectivity index (χ0v) is 9.12. The van der Waals surface area contributed by atoms with Crippen LogP contribution in [-0.2, 0) is 14.3 Å². The molecule has 0 rings (SSSR count). The van der Waals surface area contributed by atoms with E-state index >= 15 is 0 Å². The molecule has 0 atom stereocenters. The minimum absolute atomic E-state index is 0.277. The Bertz CT molecular complexity index is 164. The Labute approximate surface area is 86.1 Å². The molecule has 0 aliphatic rings. The van der Waals surface area contributed by atoms with Gasteiger partial charge in [0.2, 0.25) is 0 Å². The van der Waals surface area contributed by atoms with Gasteiger partial charge in [0.05, 0.1) is 13.2 Å². The van der Waals surface area contributed by atoms with Gasteiger partial charge in [-0.05, 0) is 19.8 Å². The number of hydrogen-bond acceptors (Lipinski definition) is 3. The van der Waals surface area contributed by atoms with E-state index in [1.54, 1.807) is 13.0 Å². The predicted molar refractivity (Wildman–Crippen MR) is 56.1 cm³/mol. The van der Waals surface area contributed by atoms with Crippen molar-refractivity contribution >= 4 is 5.97 Å². The van der Waals surface area contributed by atoms with Crippen LogP contribution in [0.3, 0.4) is 0 Å². The monoisotopic (exact) mass is 200 g/mol. The van der Waals surface area contributed by atoms with Gasteiger partial charge in [-0.3, -0.25) is 0 Å². The first-order chi connectivity index (χ1) is 6.81. The molecule has 0 saturated carbocycles. The van der Waals surface area contributed by atoms with E-state index in [0.29, 0.717) is 13.2 Å². The van der Waals surface area contributed by atoms with Crippen LogP contribution in [0.25, 0.3) is 0 Å². The second-order valence-corrected chi connectivity index (χ2v) is 2.91. The fourth-order valence-electron chi connectivity index (χ4n) is 0.870. The van der Waals surface area contributed by atoms with Crippen LogP contribution in [0.4, 0.5) is 0 Å². The van der Waals surface area contributed by atoms with E-state index in [2.05, 4.69) is 6.92 Å². The number of carbonyl (C=O) groups is 1. The molecule has 82 valence electrons. The summed E-state index contributed by atoms with van der Waals surface area (Å²) in [4.78, 5) is 10.8. The Morgan fingerprint density at radius 2 is 2.07 bits per heavy atom. The van der Waals surface area contributed by atoms with E-state index in [-0.39, 0.29) is 5.97 Å². The van der Waals surface area contributed by atoms with Gasteiger partial charge in [-0.15, -0.1) is 0 Å². The molecule has 0 amide bonds. The second kappa shape index (κ2) is 10.3. The molecule has 3 heteroatoms.